The minimum atomic E-state index is -0.739. The first kappa shape index (κ1) is 19.4. The Balaban J connectivity index is 1.83. The van der Waals surface area contributed by atoms with E-state index in [-0.39, 0.29) is 28.9 Å². The van der Waals surface area contributed by atoms with Gasteiger partial charge in [0.15, 0.2) is 5.16 Å². The van der Waals surface area contributed by atoms with Crippen LogP contribution in [0.4, 0.5) is 5.69 Å². The fourth-order valence-electron chi connectivity index (χ4n) is 2.82. The van der Waals surface area contributed by atoms with E-state index in [1.807, 2.05) is 13.8 Å². The average Bonchev–Trinajstić information content (AvgIpc) is 2.87. The van der Waals surface area contributed by atoms with Crippen molar-refractivity contribution in [1.29, 1.82) is 0 Å². The SMILES string of the molecule is CCCc1c(O)nc(S[C@@H]2CC(=O)N(c3ccc(C)c(Cl)c3)C2=O)[nH]c1=O. The number of aryl methyl sites for hydroxylation is 1. The number of nitrogens with one attached hydrogen (secondary N) is 1. The zero-order valence-corrected chi connectivity index (χ0v) is 16.4. The fraction of sp³-hybridized carbons (Fsp3) is 0.333. The van der Waals surface area contributed by atoms with E-state index in [4.69, 9.17) is 11.6 Å². The van der Waals surface area contributed by atoms with E-state index in [1.165, 1.54) is 0 Å². The minimum absolute atomic E-state index is 0.0316. The lowest BCUT2D eigenvalue weighted by Crippen LogP contribution is -2.31. The number of carbonyl (C=O) groups is 2. The molecule has 27 heavy (non-hydrogen) atoms. The molecule has 1 aromatic carbocycles. The van der Waals surface area contributed by atoms with Crippen LogP contribution in [0.3, 0.4) is 0 Å². The van der Waals surface area contributed by atoms with Crippen molar-refractivity contribution in [3.8, 4) is 5.88 Å². The number of H-pyrrole nitrogens is 1. The van der Waals surface area contributed by atoms with Crippen molar-refractivity contribution >= 4 is 40.9 Å². The average molecular weight is 408 g/mol. The lowest BCUT2D eigenvalue weighted by Gasteiger charge is -2.15. The molecule has 9 heteroatoms. The number of rotatable bonds is 5. The molecule has 142 valence electrons. The number of nitrogens with zero attached hydrogens (tertiary/aromatic N) is 2. The van der Waals surface area contributed by atoms with Crippen molar-refractivity contribution in [1.82, 2.24) is 9.97 Å². The summed E-state index contributed by atoms with van der Waals surface area (Å²) in [5.74, 6) is -1.11. The van der Waals surface area contributed by atoms with Gasteiger partial charge in [0.1, 0.15) is 5.25 Å². The molecule has 0 saturated carbocycles. The van der Waals surface area contributed by atoms with Crippen molar-refractivity contribution in [3.05, 3.63) is 44.7 Å². The summed E-state index contributed by atoms with van der Waals surface area (Å²) in [6, 6.07) is 4.98. The zero-order valence-electron chi connectivity index (χ0n) is 14.8. The largest absolute Gasteiger partial charge is 0.493 e. The zero-order chi connectivity index (χ0) is 19.7. The van der Waals surface area contributed by atoms with E-state index in [9.17, 15) is 19.5 Å². The Labute approximate surface area is 164 Å². The molecule has 3 rings (SSSR count). The highest BCUT2D eigenvalue weighted by molar-refractivity contribution is 8.00. The third kappa shape index (κ3) is 3.86. The van der Waals surface area contributed by atoms with Crippen LogP contribution in [0, 0.1) is 6.92 Å². The van der Waals surface area contributed by atoms with E-state index in [0.717, 1.165) is 22.2 Å². The van der Waals surface area contributed by atoms with Gasteiger partial charge in [-0.1, -0.05) is 42.8 Å². The quantitative estimate of drug-likeness (QED) is 0.583. The molecule has 2 N–H and O–H groups in total. The van der Waals surface area contributed by atoms with Crippen molar-refractivity contribution in [2.75, 3.05) is 4.90 Å². The second kappa shape index (κ2) is 7.74. The number of thioether (sulfide) groups is 1. The van der Waals surface area contributed by atoms with Gasteiger partial charge in [-0.3, -0.25) is 14.4 Å². The van der Waals surface area contributed by atoms with Crippen molar-refractivity contribution < 1.29 is 14.7 Å². The van der Waals surface area contributed by atoms with Crippen LogP contribution in [0.25, 0.3) is 0 Å². The summed E-state index contributed by atoms with van der Waals surface area (Å²) in [6.07, 6.45) is 1.06. The Bertz CT molecular complexity index is 976. The van der Waals surface area contributed by atoms with Crippen LogP contribution < -0.4 is 10.5 Å². The highest BCUT2D eigenvalue weighted by Crippen LogP contribution is 2.34. The Morgan fingerprint density at radius 3 is 2.74 bits per heavy atom. The predicted molar refractivity (Wildman–Crippen MR) is 103 cm³/mol. The Kier molecular flexibility index (Phi) is 5.57. The molecule has 2 aromatic rings. The molecule has 0 aliphatic carbocycles. The summed E-state index contributed by atoms with van der Waals surface area (Å²) in [7, 11) is 0. The number of aromatic nitrogens is 2. The molecule has 1 fully saturated rings. The number of anilines is 1. The van der Waals surface area contributed by atoms with Gasteiger partial charge in [0.2, 0.25) is 17.7 Å². The highest BCUT2D eigenvalue weighted by Gasteiger charge is 2.40. The van der Waals surface area contributed by atoms with Gasteiger partial charge in [0.05, 0.1) is 11.3 Å². The van der Waals surface area contributed by atoms with E-state index in [1.54, 1.807) is 18.2 Å². The van der Waals surface area contributed by atoms with Gasteiger partial charge >= 0.3 is 0 Å². The summed E-state index contributed by atoms with van der Waals surface area (Å²) in [5.41, 5.74) is 1.03. The van der Waals surface area contributed by atoms with Crippen LogP contribution in [0.2, 0.25) is 5.02 Å². The summed E-state index contributed by atoms with van der Waals surface area (Å²) < 4.78 is 0. The standard InChI is InChI=1S/C18H18ClN3O4S/c1-3-4-11-15(24)20-18(21-16(11)25)27-13-8-14(23)22(17(13)26)10-6-5-9(2)12(19)7-10/h5-7,13H,3-4,8H2,1-2H3,(H2,20,21,24,25)/t13-/m1/s1. The molecule has 1 aromatic heterocycles. The topological polar surface area (TPSA) is 103 Å². The third-order valence-electron chi connectivity index (χ3n) is 4.24. The molecule has 2 heterocycles. The number of aromatic hydroxyl groups is 1. The molecule has 0 radical (unpaired) electrons. The number of benzene rings is 1. The molecular weight excluding hydrogens is 390 g/mol. The normalized spacial score (nSPS) is 17.0. The van der Waals surface area contributed by atoms with Gasteiger partial charge in [0, 0.05) is 11.4 Å². The molecule has 0 unspecified atom stereocenters. The summed E-state index contributed by atoms with van der Waals surface area (Å²) in [6.45, 7) is 3.71. The van der Waals surface area contributed by atoms with Crippen molar-refractivity contribution in [2.24, 2.45) is 0 Å². The van der Waals surface area contributed by atoms with Crippen LogP contribution in [-0.4, -0.2) is 32.1 Å². The van der Waals surface area contributed by atoms with Crippen LogP contribution in [0.1, 0.15) is 30.9 Å². The molecule has 7 nitrogen and oxygen atoms in total. The molecule has 1 aliphatic rings. The van der Waals surface area contributed by atoms with Crippen LogP contribution in [-0.2, 0) is 16.0 Å². The third-order valence-corrected chi connectivity index (χ3v) is 5.72. The number of aromatic amines is 1. The van der Waals surface area contributed by atoms with E-state index >= 15 is 0 Å². The minimum Gasteiger partial charge on any atom is -0.493 e. The molecular formula is C18H18ClN3O4S. The van der Waals surface area contributed by atoms with Crippen LogP contribution in [0.5, 0.6) is 5.88 Å². The molecule has 1 aliphatic heterocycles. The smallest absolute Gasteiger partial charge is 0.258 e. The summed E-state index contributed by atoms with van der Waals surface area (Å²) in [5, 5.41) is 9.79. The van der Waals surface area contributed by atoms with Gasteiger partial charge in [-0.25, -0.2) is 4.90 Å². The van der Waals surface area contributed by atoms with E-state index in [0.29, 0.717) is 23.6 Å². The van der Waals surface area contributed by atoms with Crippen LogP contribution in [0.15, 0.2) is 28.2 Å². The Morgan fingerprint density at radius 2 is 2.11 bits per heavy atom. The number of hydrogen-bond donors (Lipinski definition) is 2. The van der Waals surface area contributed by atoms with Crippen molar-refractivity contribution in [2.45, 2.75) is 43.5 Å². The van der Waals surface area contributed by atoms with Gasteiger partial charge in [-0.05, 0) is 31.0 Å². The first-order valence-corrected chi connectivity index (χ1v) is 9.69. The first-order chi connectivity index (χ1) is 12.8. The molecule has 1 saturated heterocycles. The van der Waals surface area contributed by atoms with Crippen LogP contribution >= 0.6 is 23.4 Å². The predicted octanol–water partition coefficient (Wildman–Crippen LogP) is 2.81. The summed E-state index contributed by atoms with van der Waals surface area (Å²) in [4.78, 5) is 44.8. The Hall–Kier alpha value is -2.32. The lowest BCUT2D eigenvalue weighted by atomic mass is 10.2. The van der Waals surface area contributed by atoms with Gasteiger partial charge in [-0.2, -0.15) is 4.98 Å². The van der Waals surface area contributed by atoms with Gasteiger partial charge in [-0.15, -0.1) is 0 Å². The van der Waals surface area contributed by atoms with E-state index in [2.05, 4.69) is 9.97 Å². The summed E-state index contributed by atoms with van der Waals surface area (Å²) >= 11 is 7.05. The number of hydrogen-bond acceptors (Lipinski definition) is 6. The second-order valence-electron chi connectivity index (χ2n) is 6.23. The lowest BCUT2D eigenvalue weighted by molar-refractivity contribution is -0.121. The van der Waals surface area contributed by atoms with Gasteiger partial charge < -0.3 is 10.1 Å². The molecule has 1 atom stereocenters. The fourth-order valence-corrected chi connectivity index (χ4v) is 3.99. The molecule has 0 spiro atoms. The first-order valence-electron chi connectivity index (χ1n) is 8.43. The number of carbonyl (C=O) groups excluding carboxylic acids is 2. The number of imide groups is 1. The monoisotopic (exact) mass is 407 g/mol. The highest BCUT2D eigenvalue weighted by atomic mass is 35.5. The molecule has 2 amide bonds. The maximum Gasteiger partial charge on any atom is 0.258 e. The van der Waals surface area contributed by atoms with Gasteiger partial charge in [0.25, 0.3) is 5.56 Å². The Morgan fingerprint density at radius 1 is 1.37 bits per heavy atom. The van der Waals surface area contributed by atoms with E-state index < -0.39 is 16.7 Å². The second-order valence-corrected chi connectivity index (χ2v) is 7.83. The number of halogens is 1. The number of amides is 2. The van der Waals surface area contributed by atoms with Crippen molar-refractivity contribution in [3.63, 3.8) is 0 Å². The maximum absolute atomic E-state index is 12.7. The molecule has 0 bridgehead atoms. The maximum atomic E-state index is 12.7.